The van der Waals surface area contributed by atoms with Crippen LogP contribution in [0, 0.1) is 0 Å². The molecule has 0 unspecified atom stereocenters. The van der Waals surface area contributed by atoms with Gasteiger partial charge in [-0.3, -0.25) is 0 Å². The van der Waals surface area contributed by atoms with Gasteiger partial charge < -0.3 is 10.7 Å². The first-order chi connectivity index (χ1) is 6.47. The van der Waals surface area contributed by atoms with Crippen LogP contribution in [0.1, 0.15) is 0 Å². The van der Waals surface area contributed by atoms with E-state index in [1.807, 2.05) is 60.1 Å². The lowest BCUT2D eigenvalue weighted by Crippen LogP contribution is -2.34. The Kier molecular flexibility index (Phi) is 2.18. The fourth-order valence-electron chi connectivity index (χ4n) is 1.11. The lowest BCUT2D eigenvalue weighted by Gasteiger charge is -2.24. The molecule has 0 atom stereocenters. The standard InChI is InChI=1S/C10H11N3/c1-2-6-10(11-7-3-1)13-9-5-4-8-12-13/h1-9,11-12H. The topological polar surface area (TPSA) is 27.3 Å². The molecule has 13 heavy (non-hydrogen) atoms. The van der Waals surface area contributed by atoms with Crippen molar-refractivity contribution in [3.63, 3.8) is 0 Å². The maximum absolute atomic E-state index is 3.15. The van der Waals surface area contributed by atoms with Gasteiger partial charge in [-0.05, 0) is 24.3 Å². The summed E-state index contributed by atoms with van der Waals surface area (Å²) >= 11 is 0. The third kappa shape index (κ3) is 1.82. The Balaban J connectivity index is 2.12. The van der Waals surface area contributed by atoms with Gasteiger partial charge in [-0.2, -0.15) is 0 Å². The third-order valence-corrected chi connectivity index (χ3v) is 1.72. The molecule has 3 heteroatoms. The highest BCUT2D eigenvalue weighted by Crippen LogP contribution is 2.04. The fourth-order valence-corrected chi connectivity index (χ4v) is 1.11. The summed E-state index contributed by atoms with van der Waals surface area (Å²) in [5, 5.41) is 5.05. The van der Waals surface area contributed by atoms with Crippen LogP contribution in [0.3, 0.4) is 0 Å². The molecule has 2 rings (SSSR count). The van der Waals surface area contributed by atoms with Crippen molar-refractivity contribution in [2.45, 2.75) is 0 Å². The van der Waals surface area contributed by atoms with Crippen LogP contribution in [0.15, 0.2) is 60.9 Å². The normalized spacial score (nSPS) is 19.1. The van der Waals surface area contributed by atoms with E-state index in [9.17, 15) is 0 Å². The van der Waals surface area contributed by atoms with E-state index in [1.54, 1.807) is 0 Å². The minimum Gasteiger partial charge on any atom is -0.347 e. The molecule has 66 valence electrons. The molecule has 2 heterocycles. The number of hydrogen-bond donors (Lipinski definition) is 2. The highest BCUT2D eigenvalue weighted by Gasteiger charge is 2.03. The third-order valence-electron chi connectivity index (χ3n) is 1.72. The molecule has 0 aliphatic carbocycles. The van der Waals surface area contributed by atoms with Crippen LogP contribution in [0.25, 0.3) is 0 Å². The fraction of sp³-hybridized carbons (Fsp3) is 0. The lowest BCUT2D eigenvalue weighted by molar-refractivity contribution is 0.372. The van der Waals surface area contributed by atoms with Crippen molar-refractivity contribution in [3.05, 3.63) is 60.9 Å². The van der Waals surface area contributed by atoms with E-state index < -0.39 is 0 Å². The maximum Gasteiger partial charge on any atom is 0.129 e. The molecule has 0 aromatic heterocycles. The molecular weight excluding hydrogens is 162 g/mol. The van der Waals surface area contributed by atoms with Crippen LogP contribution < -0.4 is 10.7 Å². The number of rotatable bonds is 1. The van der Waals surface area contributed by atoms with E-state index in [2.05, 4.69) is 10.7 Å². The summed E-state index contributed by atoms with van der Waals surface area (Å²) in [4.78, 5) is 0. The molecular formula is C10H11N3. The molecule has 2 aliphatic heterocycles. The minimum atomic E-state index is 0.991. The monoisotopic (exact) mass is 173 g/mol. The van der Waals surface area contributed by atoms with Crippen molar-refractivity contribution in [2.75, 3.05) is 0 Å². The Morgan fingerprint density at radius 3 is 2.69 bits per heavy atom. The first-order valence-electron chi connectivity index (χ1n) is 4.15. The summed E-state index contributed by atoms with van der Waals surface area (Å²) in [6.07, 6.45) is 17.5. The predicted molar refractivity (Wildman–Crippen MR) is 52.8 cm³/mol. The summed E-state index contributed by atoms with van der Waals surface area (Å²) in [5.41, 5.74) is 3.08. The average Bonchev–Trinajstić information content (AvgIpc) is 2.47. The van der Waals surface area contributed by atoms with Crippen molar-refractivity contribution in [1.82, 2.24) is 15.8 Å². The van der Waals surface area contributed by atoms with Gasteiger partial charge in [0.25, 0.3) is 0 Å². The summed E-state index contributed by atoms with van der Waals surface area (Å²) in [6, 6.07) is 0. The van der Waals surface area contributed by atoms with Crippen molar-refractivity contribution in [3.8, 4) is 0 Å². The van der Waals surface area contributed by atoms with E-state index in [1.165, 1.54) is 0 Å². The molecule has 0 bridgehead atoms. The molecule has 0 amide bonds. The van der Waals surface area contributed by atoms with Crippen molar-refractivity contribution in [1.29, 1.82) is 0 Å². The van der Waals surface area contributed by atoms with Gasteiger partial charge in [0.15, 0.2) is 0 Å². The summed E-state index contributed by atoms with van der Waals surface area (Å²) in [5.74, 6) is 0.991. The Morgan fingerprint density at radius 1 is 0.923 bits per heavy atom. The van der Waals surface area contributed by atoms with Gasteiger partial charge in [0, 0.05) is 18.6 Å². The highest BCUT2D eigenvalue weighted by atomic mass is 15.5. The lowest BCUT2D eigenvalue weighted by atomic mass is 10.4. The summed E-state index contributed by atoms with van der Waals surface area (Å²) in [6.45, 7) is 0. The van der Waals surface area contributed by atoms with Gasteiger partial charge in [0.05, 0.1) is 0 Å². The summed E-state index contributed by atoms with van der Waals surface area (Å²) in [7, 11) is 0. The molecule has 0 spiro atoms. The molecule has 0 aromatic rings. The summed E-state index contributed by atoms with van der Waals surface area (Å²) < 4.78 is 0. The molecule has 0 saturated carbocycles. The van der Waals surface area contributed by atoms with Gasteiger partial charge in [-0.15, -0.1) is 0 Å². The Labute approximate surface area is 77.4 Å². The zero-order valence-corrected chi connectivity index (χ0v) is 7.14. The Bertz CT molecular complexity index is 321. The molecule has 0 radical (unpaired) electrons. The second kappa shape index (κ2) is 3.67. The maximum atomic E-state index is 3.15. The van der Waals surface area contributed by atoms with Crippen LogP contribution in [0.4, 0.5) is 0 Å². The van der Waals surface area contributed by atoms with Gasteiger partial charge in [-0.1, -0.05) is 12.2 Å². The molecule has 0 aromatic carbocycles. The van der Waals surface area contributed by atoms with Crippen LogP contribution in [-0.2, 0) is 0 Å². The zero-order chi connectivity index (χ0) is 8.93. The number of allylic oxidation sites excluding steroid dienone is 6. The van der Waals surface area contributed by atoms with Crippen molar-refractivity contribution < 1.29 is 0 Å². The van der Waals surface area contributed by atoms with Gasteiger partial charge >= 0.3 is 0 Å². The number of hydrogen-bond acceptors (Lipinski definition) is 3. The van der Waals surface area contributed by atoms with Crippen LogP contribution in [0.2, 0.25) is 0 Å². The number of nitrogens with zero attached hydrogens (tertiary/aromatic N) is 1. The Morgan fingerprint density at radius 2 is 1.85 bits per heavy atom. The average molecular weight is 173 g/mol. The van der Waals surface area contributed by atoms with E-state index in [-0.39, 0.29) is 0 Å². The van der Waals surface area contributed by atoms with Gasteiger partial charge in [0.2, 0.25) is 0 Å². The van der Waals surface area contributed by atoms with Crippen molar-refractivity contribution in [2.24, 2.45) is 0 Å². The van der Waals surface area contributed by atoms with Gasteiger partial charge in [0.1, 0.15) is 5.82 Å². The second-order valence-electron chi connectivity index (χ2n) is 2.64. The molecule has 2 N–H and O–H groups in total. The van der Waals surface area contributed by atoms with Gasteiger partial charge in [-0.25, -0.2) is 5.01 Å². The molecule has 0 saturated heterocycles. The quantitative estimate of drug-likeness (QED) is 0.626. The minimum absolute atomic E-state index is 0.991. The van der Waals surface area contributed by atoms with Crippen LogP contribution in [0.5, 0.6) is 0 Å². The first-order valence-corrected chi connectivity index (χ1v) is 4.15. The second-order valence-corrected chi connectivity index (χ2v) is 2.64. The molecule has 0 fully saturated rings. The predicted octanol–water partition coefficient (Wildman–Crippen LogP) is 1.35. The first kappa shape index (κ1) is 7.73. The number of nitrogens with one attached hydrogen (secondary N) is 2. The number of hydrazine groups is 1. The van der Waals surface area contributed by atoms with E-state index in [0.717, 1.165) is 5.82 Å². The molecule has 2 aliphatic rings. The SMILES string of the molecule is C1=CC=C(N2C=CC=CN2)NC=C1. The van der Waals surface area contributed by atoms with Crippen molar-refractivity contribution >= 4 is 0 Å². The largest absolute Gasteiger partial charge is 0.347 e. The van der Waals surface area contributed by atoms with E-state index in [0.29, 0.717) is 0 Å². The smallest absolute Gasteiger partial charge is 0.129 e. The van der Waals surface area contributed by atoms with Crippen LogP contribution in [-0.4, -0.2) is 5.01 Å². The molecule has 3 nitrogen and oxygen atoms in total. The zero-order valence-electron chi connectivity index (χ0n) is 7.14. The van der Waals surface area contributed by atoms with E-state index in [4.69, 9.17) is 0 Å². The highest BCUT2D eigenvalue weighted by molar-refractivity contribution is 5.22. The van der Waals surface area contributed by atoms with Crippen LogP contribution >= 0.6 is 0 Å². The Hall–Kier alpha value is -1.90. The van der Waals surface area contributed by atoms with E-state index >= 15 is 0 Å².